The zero-order chi connectivity index (χ0) is 26.3. The smallest absolute Gasteiger partial charge is 0.408 e. The second-order valence-electron chi connectivity index (χ2n) is 10.2. The van der Waals surface area contributed by atoms with Crippen LogP contribution < -0.4 is 15.5 Å². The van der Waals surface area contributed by atoms with Gasteiger partial charge < -0.3 is 15.4 Å². The van der Waals surface area contributed by atoms with Crippen LogP contribution in [0.25, 0.3) is 0 Å². The molecule has 0 spiro atoms. The molecule has 194 valence electrons. The second kappa shape index (κ2) is 12.0. The molecular weight excluding hydrogens is 461 g/mol. The summed E-state index contributed by atoms with van der Waals surface area (Å²) in [6.45, 7) is 6.51. The van der Waals surface area contributed by atoms with Gasteiger partial charge in [-0.15, -0.1) is 0 Å². The Morgan fingerprint density at radius 3 is 2.31 bits per heavy atom. The van der Waals surface area contributed by atoms with Gasteiger partial charge in [0.25, 0.3) is 0 Å². The number of carbonyl (C=O) groups excluding carboxylic acids is 3. The van der Waals surface area contributed by atoms with Crippen LogP contribution in [0.4, 0.5) is 14.9 Å². The van der Waals surface area contributed by atoms with Gasteiger partial charge in [-0.2, -0.15) is 0 Å². The molecule has 3 rings (SSSR count). The van der Waals surface area contributed by atoms with Gasteiger partial charge in [0, 0.05) is 6.04 Å². The minimum atomic E-state index is -1.13. The van der Waals surface area contributed by atoms with Crippen molar-refractivity contribution in [1.29, 1.82) is 0 Å². The first kappa shape index (κ1) is 27.2. The highest BCUT2D eigenvalue weighted by Crippen LogP contribution is 2.32. The van der Waals surface area contributed by atoms with Gasteiger partial charge in [0.15, 0.2) is 0 Å². The van der Waals surface area contributed by atoms with Gasteiger partial charge in [-0.3, -0.25) is 14.5 Å². The summed E-state index contributed by atoms with van der Waals surface area (Å²) >= 11 is 0. The monoisotopic (exact) mass is 497 g/mol. The van der Waals surface area contributed by atoms with E-state index in [4.69, 9.17) is 4.74 Å². The molecule has 0 aliphatic heterocycles. The molecule has 2 aromatic carbocycles. The predicted molar refractivity (Wildman–Crippen MR) is 137 cm³/mol. The lowest BCUT2D eigenvalue weighted by Crippen LogP contribution is -2.50. The van der Waals surface area contributed by atoms with Crippen LogP contribution in [0.2, 0.25) is 0 Å². The van der Waals surface area contributed by atoms with Crippen molar-refractivity contribution in [3.8, 4) is 0 Å². The number of benzene rings is 2. The highest BCUT2D eigenvalue weighted by atomic mass is 19.1. The van der Waals surface area contributed by atoms with E-state index in [-0.39, 0.29) is 17.6 Å². The maximum Gasteiger partial charge on any atom is 0.408 e. The molecule has 1 saturated carbocycles. The van der Waals surface area contributed by atoms with Crippen LogP contribution in [-0.4, -0.2) is 36.1 Å². The summed E-state index contributed by atoms with van der Waals surface area (Å²) in [5.74, 6) is -1.67. The van der Waals surface area contributed by atoms with Crippen molar-refractivity contribution >= 4 is 23.6 Å². The highest BCUT2D eigenvalue weighted by Gasteiger charge is 2.36. The largest absolute Gasteiger partial charge is 0.444 e. The topological polar surface area (TPSA) is 87.7 Å². The molecule has 2 N–H and O–H groups in total. The Kier molecular flexibility index (Phi) is 9.07. The molecule has 2 aromatic rings. The number of nitrogens with zero attached hydrogens (tertiary/aromatic N) is 1. The van der Waals surface area contributed by atoms with Crippen LogP contribution in [0.1, 0.15) is 70.0 Å². The first-order valence-electron chi connectivity index (χ1n) is 12.5. The molecule has 0 radical (unpaired) electrons. The number of ether oxygens (including phenoxy) is 1. The number of alkyl carbamates (subject to hydrolysis) is 1. The number of halogens is 1. The zero-order valence-electron chi connectivity index (χ0n) is 21.5. The highest BCUT2D eigenvalue weighted by molar-refractivity contribution is 6.03. The number of amides is 3. The summed E-state index contributed by atoms with van der Waals surface area (Å²) < 4.78 is 20.3. The summed E-state index contributed by atoms with van der Waals surface area (Å²) in [6.07, 6.45) is 4.12. The molecule has 0 bridgehead atoms. The number of aryl methyl sites for hydroxylation is 1. The summed E-state index contributed by atoms with van der Waals surface area (Å²) in [6, 6.07) is 11.9. The molecule has 1 unspecified atom stereocenters. The normalized spacial score (nSPS) is 15.0. The van der Waals surface area contributed by atoms with Gasteiger partial charge in [0.2, 0.25) is 11.8 Å². The Hall–Kier alpha value is -3.42. The number of anilines is 1. The molecule has 36 heavy (non-hydrogen) atoms. The number of nitrogens with one attached hydrogen (secondary N) is 2. The number of hydrogen-bond acceptors (Lipinski definition) is 4. The van der Waals surface area contributed by atoms with E-state index in [1.54, 1.807) is 39.0 Å². The minimum absolute atomic E-state index is 0.00442. The molecule has 0 heterocycles. The van der Waals surface area contributed by atoms with Crippen molar-refractivity contribution in [2.24, 2.45) is 0 Å². The average Bonchev–Trinajstić information content (AvgIpc) is 2.82. The van der Waals surface area contributed by atoms with Crippen LogP contribution in [0.5, 0.6) is 0 Å². The standard InChI is InChI=1S/C28H36FN3O4/c1-19-12-8-9-15-21(19)25(26(34)31-20-13-6-5-7-14-20)32(23-17-11-10-16-22(23)29)24(33)18-30-27(35)36-28(2,3)4/h8-12,15-17,20,25H,5-7,13-14,18H2,1-4H3,(H,30,35)(H,31,34). The molecule has 0 aromatic heterocycles. The van der Waals surface area contributed by atoms with E-state index < -0.39 is 36.0 Å². The van der Waals surface area contributed by atoms with Crippen molar-refractivity contribution in [3.05, 3.63) is 65.5 Å². The zero-order valence-corrected chi connectivity index (χ0v) is 21.5. The van der Waals surface area contributed by atoms with Gasteiger partial charge in [0.1, 0.15) is 24.0 Å². The predicted octanol–water partition coefficient (Wildman–Crippen LogP) is 5.18. The number of rotatable bonds is 7. The average molecular weight is 498 g/mol. The Morgan fingerprint density at radius 1 is 1.03 bits per heavy atom. The van der Waals surface area contributed by atoms with Gasteiger partial charge >= 0.3 is 6.09 Å². The Balaban J connectivity index is 1.99. The molecule has 1 atom stereocenters. The van der Waals surface area contributed by atoms with Crippen LogP contribution >= 0.6 is 0 Å². The molecule has 1 aliphatic rings. The lowest BCUT2D eigenvalue weighted by atomic mass is 9.93. The molecule has 8 heteroatoms. The third-order valence-corrected chi connectivity index (χ3v) is 6.10. The number of carbonyl (C=O) groups is 3. The van der Waals surface area contributed by atoms with Crippen LogP contribution in [0.3, 0.4) is 0 Å². The van der Waals surface area contributed by atoms with Gasteiger partial charge in [0.05, 0.1) is 5.69 Å². The number of para-hydroxylation sites is 1. The van der Waals surface area contributed by atoms with Crippen molar-refractivity contribution in [2.45, 2.75) is 77.5 Å². The maximum atomic E-state index is 15.1. The first-order valence-corrected chi connectivity index (χ1v) is 12.5. The maximum absolute atomic E-state index is 15.1. The molecule has 1 aliphatic carbocycles. The minimum Gasteiger partial charge on any atom is -0.444 e. The van der Waals surface area contributed by atoms with E-state index in [1.807, 2.05) is 19.1 Å². The van der Waals surface area contributed by atoms with E-state index in [1.165, 1.54) is 18.2 Å². The third kappa shape index (κ3) is 7.29. The van der Waals surface area contributed by atoms with Crippen molar-refractivity contribution in [2.75, 3.05) is 11.4 Å². The lowest BCUT2D eigenvalue weighted by Gasteiger charge is -2.34. The van der Waals surface area contributed by atoms with E-state index in [9.17, 15) is 14.4 Å². The number of hydrogen-bond donors (Lipinski definition) is 2. The Morgan fingerprint density at radius 2 is 1.67 bits per heavy atom. The fourth-order valence-corrected chi connectivity index (χ4v) is 4.43. The quantitative estimate of drug-likeness (QED) is 0.552. The van der Waals surface area contributed by atoms with E-state index in [0.717, 1.165) is 42.6 Å². The Labute approximate surface area is 212 Å². The van der Waals surface area contributed by atoms with Crippen molar-refractivity contribution < 1.29 is 23.5 Å². The Bertz CT molecular complexity index is 1080. The van der Waals surface area contributed by atoms with Crippen molar-refractivity contribution in [1.82, 2.24) is 10.6 Å². The van der Waals surface area contributed by atoms with E-state index in [2.05, 4.69) is 10.6 Å². The molecule has 7 nitrogen and oxygen atoms in total. The van der Waals surface area contributed by atoms with Gasteiger partial charge in [-0.05, 0) is 63.8 Å². The first-order chi connectivity index (χ1) is 17.1. The summed E-state index contributed by atoms with van der Waals surface area (Å²) in [7, 11) is 0. The van der Waals surface area contributed by atoms with E-state index >= 15 is 4.39 Å². The SMILES string of the molecule is Cc1ccccc1C(C(=O)NC1CCCCC1)N(C(=O)CNC(=O)OC(C)(C)C)c1ccccc1F. The van der Waals surface area contributed by atoms with E-state index in [0.29, 0.717) is 5.56 Å². The van der Waals surface area contributed by atoms with Crippen LogP contribution in [-0.2, 0) is 14.3 Å². The molecule has 0 saturated heterocycles. The van der Waals surface area contributed by atoms with Gasteiger partial charge in [-0.25, -0.2) is 9.18 Å². The van der Waals surface area contributed by atoms with Crippen LogP contribution in [0.15, 0.2) is 48.5 Å². The summed E-state index contributed by atoms with van der Waals surface area (Å²) in [5.41, 5.74) is 0.581. The lowest BCUT2D eigenvalue weighted by molar-refractivity contribution is -0.127. The van der Waals surface area contributed by atoms with Crippen molar-refractivity contribution in [3.63, 3.8) is 0 Å². The van der Waals surface area contributed by atoms with Gasteiger partial charge in [-0.1, -0.05) is 55.7 Å². The fraction of sp³-hybridized carbons (Fsp3) is 0.464. The van der Waals surface area contributed by atoms with Crippen LogP contribution in [0, 0.1) is 12.7 Å². The molecular formula is C28H36FN3O4. The second-order valence-corrected chi connectivity index (χ2v) is 10.2. The molecule has 3 amide bonds. The summed E-state index contributed by atoms with van der Waals surface area (Å²) in [4.78, 5) is 40.7. The fourth-order valence-electron chi connectivity index (χ4n) is 4.43. The third-order valence-electron chi connectivity index (χ3n) is 6.10. The summed E-state index contributed by atoms with van der Waals surface area (Å²) in [5, 5.41) is 5.54. The molecule has 1 fully saturated rings.